The molecule has 3 amide bonds. The number of aromatic nitrogens is 1. The molecule has 0 spiro atoms. The number of para-hydroxylation sites is 1. The van der Waals surface area contributed by atoms with Gasteiger partial charge in [0.25, 0.3) is 11.1 Å². The molecule has 4 aromatic rings. The van der Waals surface area contributed by atoms with E-state index in [-0.39, 0.29) is 30.1 Å². The Kier molecular flexibility index (Phi) is 7.67. The van der Waals surface area contributed by atoms with Crippen LogP contribution in [0.5, 0.6) is 0 Å². The predicted octanol–water partition coefficient (Wildman–Crippen LogP) is 6.07. The summed E-state index contributed by atoms with van der Waals surface area (Å²) < 4.78 is 7.41. The van der Waals surface area contributed by atoms with Crippen LogP contribution in [0.25, 0.3) is 17.0 Å². The maximum atomic E-state index is 13.1. The highest BCUT2D eigenvalue weighted by Gasteiger charge is 2.35. The number of hydrogen-bond donors (Lipinski definition) is 1. The number of amides is 3. The van der Waals surface area contributed by atoms with Crippen LogP contribution < -0.4 is 5.32 Å². The molecule has 0 radical (unpaired) electrons. The molecule has 10 heteroatoms. The molecule has 2 heterocycles. The Bertz CT molecular complexity index is 1630. The Morgan fingerprint density at radius 2 is 1.72 bits per heavy atom. The standard InChI is InChI=1S/C29H22BrN3O5S/c1-38-28(36)19-8-12-22(13-9-19)31-26(34)17-32-16-20(23-4-2-3-5-24(23)32)14-25-27(35)33(29(37)39-25)15-18-6-10-21(30)11-7-18/h2-14,16H,15,17H2,1H3,(H,31,34)/b25-14-. The first-order valence-electron chi connectivity index (χ1n) is 11.9. The number of carbonyl (C=O) groups is 4. The summed E-state index contributed by atoms with van der Waals surface area (Å²) in [5.74, 6) is -1.06. The van der Waals surface area contributed by atoms with Crippen LogP contribution in [0.2, 0.25) is 0 Å². The molecule has 1 aliphatic heterocycles. The van der Waals surface area contributed by atoms with Crippen molar-refractivity contribution in [3.05, 3.63) is 105 Å². The third-order valence-corrected chi connectivity index (χ3v) is 7.57. The first kappa shape index (κ1) is 26.5. The van der Waals surface area contributed by atoms with Gasteiger partial charge in [0, 0.05) is 32.8 Å². The lowest BCUT2D eigenvalue weighted by molar-refractivity contribution is -0.123. The lowest BCUT2D eigenvalue weighted by Crippen LogP contribution is -2.27. The van der Waals surface area contributed by atoms with Gasteiger partial charge in [0.2, 0.25) is 5.91 Å². The Hall–Kier alpha value is -4.15. The van der Waals surface area contributed by atoms with Crippen LogP contribution in [0.4, 0.5) is 10.5 Å². The second-order valence-electron chi connectivity index (χ2n) is 8.74. The van der Waals surface area contributed by atoms with Gasteiger partial charge < -0.3 is 14.6 Å². The molecule has 1 aromatic heterocycles. The quantitative estimate of drug-likeness (QED) is 0.203. The molecule has 3 aromatic carbocycles. The summed E-state index contributed by atoms with van der Waals surface area (Å²) in [4.78, 5) is 51.8. The normalized spacial score (nSPS) is 14.3. The van der Waals surface area contributed by atoms with Crippen LogP contribution in [-0.2, 0) is 27.4 Å². The van der Waals surface area contributed by atoms with Crippen molar-refractivity contribution < 1.29 is 23.9 Å². The zero-order valence-corrected chi connectivity index (χ0v) is 23.1. The van der Waals surface area contributed by atoms with Crippen molar-refractivity contribution in [2.24, 2.45) is 0 Å². The van der Waals surface area contributed by atoms with Crippen molar-refractivity contribution in [2.75, 3.05) is 12.4 Å². The fourth-order valence-corrected chi connectivity index (χ4v) is 5.33. The van der Waals surface area contributed by atoms with E-state index in [0.29, 0.717) is 16.2 Å². The summed E-state index contributed by atoms with van der Waals surface area (Å²) in [5, 5.41) is 3.36. The Morgan fingerprint density at radius 3 is 2.44 bits per heavy atom. The van der Waals surface area contributed by atoms with Crippen LogP contribution in [0, 0.1) is 0 Å². The Labute approximate surface area is 236 Å². The van der Waals surface area contributed by atoms with E-state index in [1.54, 1.807) is 41.1 Å². The molecular weight excluding hydrogens is 582 g/mol. The second kappa shape index (κ2) is 11.3. The third-order valence-electron chi connectivity index (χ3n) is 6.14. The number of carbonyl (C=O) groups excluding carboxylic acids is 4. The van der Waals surface area contributed by atoms with Gasteiger partial charge in [-0.25, -0.2) is 4.79 Å². The van der Waals surface area contributed by atoms with Crippen molar-refractivity contribution >= 4 is 73.4 Å². The maximum absolute atomic E-state index is 13.1. The van der Waals surface area contributed by atoms with Crippen LogP contribution in [0.3, 0.4) is 0 Å². The topological polar surface area (TPSA) is 97.7 Å². The number of fused-ring (bicyclic) bond motifs is 1. The Morgan fingerprint density at radius 1 is 1.00 bits per heavy atom. The summed E-state index contributed by atoms with van der Waals surface area (Å²) in [6.07, 6.45) is 3.50. The largest absolute Gasteiger partial charge is 0.465 e. The molecular formula is C29H22BrN3O5S. The number of thioether (sulfide) groups is 1. The predicted molar refractivity (Wildman–Crippen MR) is 154 cm³/mol. The van der Waals surface area contributed by atoms with E-state index in [0.717, 1.165) is 38.3 Å². The smallest absolute Gasteiger partial charge is 0.337 e. The summed E-state index contributed by atoms with van der Waals surface area (Å²) in [6, 6.07) is 21.4. The molecule has 0 atom stereocenters. The summed E-state index contributed by atoms with van der Waals surface area (Å²) in [7, 11) is 1.31. The van der Waals surface area contributed by atoms with Gasteiger partial charge in [0.05, 0.1) is 24.1 Å². The molecule has 1 aliphatic rings. The number of imide groups is 1. The minimum Gasteiger partial charge on any atom is -0.465 e. The highest BCUT2D eigenvalue weighted by Crippen LogP contribution is 2.35. The summed E-state index contributed by atoms with van der Waals surface area (Å²) >= 11 is 4.29. The minimum atomic E-state index is -0.453. The van der Waals surface area contributed by atoms with Gasteiger partial charge in [-0.05, 0) is 65.9 Å². The molecule has 1 N–H and O–H groups in total. The van der Waals surface area contributed by atoms with E-state index in [1.807, 2.05) is 48.5 Å². The van der Waals surface area contributed by atoms with Gasteiger partial charge >= 0.3 is 5.97 Å². The molecule has 0 bridgehead atoms. The molecule has 5 rings (SSSR count). The molecule has 39 heavy (non-hydrogen) atoms. The van der Waals surface area contributed by atoms with Crippen LogP contribution in [0.15, 0.2) is 88.4 Å². The average Bonchev–Trinajstić information content (AvgIpc) is 3.41. The van der Waals surface area contributed by atoms with Gasteiger partial charge in [-0.3, -0.25) is 19.3 Å². The maximum Gasteiger partial charge on any atom is 0.337 e. The van der Waals surface area contributed by atoms with Gasteiger partial charge in [0.1, 0.15) is 6.54 Å². The number of esters is 1. The van der Waals surface area contributed by atoms with E-state index in [2.05, 4.69) is 21.2 Å². The molecule has 0 aliphatic carbocycles. The molecule has 8 nitrogen and oxygen atoms in total. The second-order valence-corrected chi connectivity index (χ2v) is 10.6. The third kappa shape index (κ3) is 5.81. The molecule has 196 valence electrons. The monoisotopic (exact) mass is 603 g/mol. The minimum absolute atomic E-state index is 0.0259. The van der Waals surface area contributed by atoms with Crippen molar-refractivity contribution in [1.82, 2.24) is 9.47 Å². The number of halogens is 1. The number of nitrogens with zero attached hydrogens (tertiary/aromatic N) is 2. The highest BCUT2D eigenvalue weighted by atomic mass is 79.9. The first-order chi connectivity index (χ1) is 18.8. The van der Waals surface area contributed by atoms with Gasteiger partial charge in [-0.2, -0.15) is 0 Å². The van der Waals surface area contributed by atoms with E-state index in [4.69, 9.17) is 4.74 Å². The van der Waals surface area contributed by atoms with Crippen molar-refractivity contribution in [1.29, 1.82) is 0 Å². The van der Waals surface area contributed by atoms with Gasteiger partial charge in [0.15, 0.2) is 0 Å². The van der Waals surface area contributed by atoms with Gasteiger partial charge in [-0.1, -0.05) is 46.3 Å². The van der Waals surface area contributed by atoms with Crippen molar-refractivity contribution in [2.45, 2.75) is 13.1 Å². The lowest BCUT2D eigenvalue weighted by atomic mass is 10.1. The zero-order valence-electron chi connectivity index (χ0n) is 20.7. The average molecular weight is 604 g/mol. The SMILES string of the molecule is COC(=O)c1ccc(NC(=O)Cn2cc(/C=C3\SC(=O)N(Cc4ccc(Br)cc4)C3=O)c3ccccc32)cc1. The molecule has 0 saturated carbocycles. The number of rotatable bonds is 7. The molecule has 0 unspecified atom stereocenters. The molecule has 1 fully saturated rings. The molecule has 1 saturated heterocycles. The number of nitrogens with one attached hydrogen (secondary N) is 1. The van der Waals surface area contributed by atoms with E-state index < -0.39 is 5.97 Å². The highest BCUT2D eigenvalue weighted by molar-refractivity contribution is 9.10. The van der Waals surface area contributed by atoms with E-state index >= 15 is 0 Å². The first-order valence-corrected chi connectivity index (χ1v) is 13.5. The fraction of sp³-hybridized carbons (Fsp3) is 0.103. The number of benzene rings is 3. The van der Waals surface area contributed by atoms with E-state index in [1.165, 1.54) is 12.0 Å². The van der Waals surface area contributed by atoms with Crippen molar-refractivity contribution in [3.8, 4) is 0 Å². The van der Waals surface area contributed by atoms with Crippen LogP contribution >= 0.6 is 27.7 Å². The number of methoxy groups -OCH3 is 1. The fourth-order valence-electron chi connectivity index (χ4n) is 4.23. The number of anilines is 1. The zero-order chi connectivity index (χ0) is 27.5. The summed E-state index contributed by atoms with van der Waals surface area (Å²) in [5.41, 5.74) is 3.33. The van der Waals surface area contributed by atoms with Gasteiger partial charge in [-0.15, -0.1) is 0 Å². The number of ether oxygens (including phenoxy) is 1. The number of hydrogen-bond acceptors (Lipinski definition) is 6. The van der Waals surface area contributed by atoms with Crippen LogP contribution in [0.1, 0.15) is 21.5 Å². The summed E-state index contributed by atoms with van der Waals surface area (Å²) in [6.45, 7) is 0.218. The van der Waals surface area contributed by atoms with Crippen LogP contribution in [-0.4, -0.2) is 39.6 Å². The van der Waals surface area contributed by atoms with Crippen molar-refractivity contribution in [3.63, 3.8) is 0 Å². The lowest BCUT2D eigenvalue weighted by Gasteiger charge is -2.12. The Balaban J connectivity index is 1.34. The van der Waals surface area contributed by atoms with E-state index in [9.17, 15) is 19.2 Å².